The summed E-state index contributed by atoms with van der Waals surface area (Å²) < 4.78 is 12.5. The van der Waals surface area contributed by atoms with Gasteiger partial charge in [-0.05, 0) is 36.8 Å². The number of benzene rings is 2. The fourth-order valence-corrected chi connectivity index (χ4v) is 2.54. The molecule has 2 rings (SSSR count). The van der Waals surface area contributed by atoms with Crippen molar-refractivity contribution in [2.24, 2.45) is 5.73 Å². The highest BCUT2D eigenvalue weighted by Crippen LogP contribution is 2.31. The molecule has 4 heteroatoms. The molecule has 0 heterocycles. The maximum Gasteiger partial charge on any atom is 0.139 e. The van der Waals surface area contributed by atoms with E-state index in [4.69, 9.17) is 15.2 Å². The van der Waals surface area contributed by atoms with Crippen molar-refractivity contribution in [3.05, 3.63) is 58.1 Å². The molecule has 2 N–H and O–H groups in total. The maximum atomic E-state index is 6.05. The highest BCUT2D eigenvalue weighted by molar-refractivity contribution is 9.10. The number of methoxy groups -OCH3 is 1. The van der Waals surface area contributed by atoms with Crippen LogP contribution >= 0.6 is 15.9 Å². The van der Waals surface area contributed by atoms with Crippen LogP contribution in [0.3, 0.4) is 0 Å². The first-order valence-corrected chi connectivity index (χ1v) is 7.20. The minimum Gasteiger partial charge on any atom is -0.496 e. The lowest BCUT2D eigenvalue weighted by molar-refractivity contribution is 0.207. The molecule has 2 aromatic carbocycles. The molecule has 0 spiro atoms. The van der Waals surface area contributed by atoms with Crippen molar-refractivity contribution < 1.29 is 9.47 Å². The lowest BCUT2D eigenvalue weighted by Gasteiger charge is -2.21. The summed E-state index contributed by atoms with van der Waals surface area (Å²) in [6, 6.07) is 13.7. The first kappa shape index (κ1) is 14.9. The van der Waals surface area contributed by atoms with Crippen LogP contribution in [0.15, 0.2) is 46.9 Å². The standard InChI is InChI=1S/C16H18BrNO2/c1-11-9-12(17)7-8-14(11)20-16(10-18)13-5-3-4-6-15(13)19-2/h3-9,16H,10,18H2,1-2H3. The van der Waals surface area contributed by atoms with Crippen LogP contribution in [0.25, 0.3) is 0 Å². The third-order valence-electron chi connectivity index (χ3n) is 3.11. The van der Waals surface area contributed by atoms with Crippen molar-refractivity contribution >= 4 is 15.9 Å². The topological polar surface area (TPSA) is 44.5 Å². The highest BCUT2D eigenvalue weighted by Gasteiger charge is 2.17. The number of rotatable bonds is 5. The van der Waals surface area contributed by atoms with Crippen LogP contribution in [0.1, 0.15) is 17.2 Å². The lowest BCUT2D eigenvalue weighted by Crippen LogP contribution is -2.19. The van der Waals surface area contributed by atoms with Crippen LogP contribution in [0.5, 0.6) is 11.5 Å². The van der Waals surface area contributed by atoms with Gasteiger partial charge in [0.15, 0.2) is 0 Å². The minimum absolute atomic E-state index is 0.231. The zero-order valence-electron chi connectivity index (χ0n) is 11.6. The monoisotopic (exact) mass is 335 g/mol. The number of ether oxygens (including phenoxy) is 2. The summed E-state index contributed by atoms with van der Waals surface area (Å²) in [5.74, 6) is 1.62. The van der Waals surface area contributed by atoms with Crippen molar-refractivity contribution in [3.63, 3.8) is 0 Å². The van der Waals surface area contributed by atoms with Gasteiger partial charge in [0, 0.05) is 16.6 Å². The van der Waals surface area contributed by atoms with Crippen LogP contribution in [-0.4, -0.2) is 13.7 Å². The van der Waals surface area contributed by atoms with E-state index < -0.39 is 0 Å². The molecule has 1 unspecified atom stereocenters. The van der Waals surface area contributed by atoms with Gasteiger partial charge in [-0.25, -0.2) is 0 Å². The molecule has 0 aliphatic heterocycles. The molecule has 3 nitrogen and oxygen atoms in total. The summed E-state index contributed by atoms with van der Waals surface area (Å²) >= 11 is 3.45. The van der Waals surface area contributed by atoms with E-state index in [0.29, 0.717) is 6.54 Å². The second-order valence-corrected chi connectivity index (χ2v) is 5.41. The maximum absolute atomic E-state index is 6.05. The van der Waals surface area contributed by atoms with E-state index in [1.54, 1.807) is 7.11 Å². The minimum atomic E-state index is -0.231. The summed E-state index contributed by atoms with van der Waals surface area (Å²) in [4.78, 5) is 0. The molecule has 0 bridgehead atoms. The van der Waals surface area contributed by atoms with E-state index in [1.807, 2.05) is 49.4 Å². The van der Waals surface area contributed by atoms with Crippen molar-refractivity contribution in [1.82, 2.24) is 0 Å². The lowest BCUT2D eigenvalue weighted by atomic mass is 10.1. The van der Waals surface area contributed by atoms with Gasteiger partial charge in [-0.3, -0.25) is 0 Å². The van der Waals surface area contributed by atoms with Gasteiger partial charge >= 0.3 is 0 Å². The summed E-state index contributed by atoms with van der Waals surface area (Å²) in [5.41, 5.74) is 7.89. The normalized spacial score (nSPS) is 12.0. The first-order valence-electron chi connectivity index (χ1n) is 6.41. The Morgan fingerprint density at radius 3 is 2.55 bits per heavy atom. The largest absolute Gasteiger partial charge is 0.496 e. The van der Waals surface area contributed by atoms with Crippen molar-refractivity contribution in [2.45, 2.75) is 13.0 Å². The van der Waals surface area contributed by atoms with Gasteiger partial charge in [0.25, 0.3) is 0 Å². The Balaban J connectivity index is 2.29. The molecular formula is C16H18BrNO2. The molecule has 106 valence electrons. The van der Waals surface area contributed by atoms with Crippen molar-refractivity contribution in [3.8, 4) is 11.5 Å². The number of nitrogens with two attached hydrogens (primary N) is 1. The quantitative estimate of drug-likeness (QED) is 0.902. The molecule has 1 atom stereocenters. The fraction of sp³-hybridized carbons (Fsp3) is 0.250. The van der Waals surface area contributed by atoms with Crippen LogP contribution in [0.2, 0.25) is 0 Å². The molecule has 0 aliphatic rings. The van der Waals surface area contributed by atoms with E-state index >= 15 is 0 Å². The van der Waals surface area contributed by atoms with E-state index in [0.717, 1.165) is 27.1 Å². The third-order valence-corrected chi connectivity index (χ3v) is 3.60. The van der Waals surface area contributed by atoms with E-state index in [9.17, 15) is 0 Å². The van der Waals surface area contributed by atoms with Crippen molar-refractivity contribution in [1.29, 1.82) is 0 Å². The van der Waals surface area contributed by atoms with Gasteiger partial charge in [0.1, 0.15) is 17.6 Å². The summed E-state index contributed by atoms with van der Waals surface area (Å²) in [6.45, 7) is 2.39. The Morgan fingerprint density at radius 1 is 1.15 bits per heavy atom. The molecule has 20 heavy (non-hydrogen) atoms. The van der Waals surface area contributed by atoms with Crippen LogP contribution in [0, 0.1) is 6.92 Å². The Kier molecular flexibility index (Phi) is 5.04. The average molecular weight is 336 g/mol. The number of hydrogen-bond acceptors (Lipinski definition) is 3. The SMILES string of the molecule is COc1ccccc1C(CN)Oc1ccc(Br)cc1C. The molecule has 0 saturated carbocycles. The van der Waals surface area contributed by atoms with Crippen LogP contribution in [0.4, 0.5) is 0 Å². The summed E-state index contributed by atoms with van der Waals surface area (Å²) in [5, 5.41) is 0. The van der Waals surface area contributed by atoms with E-state index in [2.05, 4.69) is 15.9 Å². The predicted octanol–water partition coefficient (Wildman–Crippen LogP) is 3.84. The molecular weight excluding hydrogens is 318 g/mol. The predicted molar refractivity (Wildman–Crippen MR) is 84.3 cm³/mol. The average Bonchev–Trinajstić information content (AvgIpc) is 2.46. The van der Waals surface area contributed by atoms with Crippen LogP contribution in [-0.2, 0) is 0 Å². The van der Waals surface area contributed by atoms with E-state index in [1.165, 1.54) is 0 Å². The second kappa shape index (κ2) is 6.77. The second-order valence-electron chi connectivity index (χ2n) is 4.49. The number of halogens is 1. The Morgan fingerprint density at radius 2 is 1.90 bits per heavy atom. The zero-order chi connectivity index (χ0) is 14.5. The summed E-state index contributed by atoms with van der Waals surface area (Å²) in [7, 11) is 1.65. The molecule has 0 aliphatic carbocycles. The molecule has 0 radical (unpaired) electrons. The molecule has 0 saturated heterocycles. The Labute approximate surface area is 127 Å². The van der Waals surface area contributed by atoms with Gasteiger partial charge in [0.05, 0.1) is 7.11 Å². The molecule has 0 amide bonds. The third kappa shape index (κ3) is 3.32. The number of hydrogen-bond donors (Lipinski definition) is 1. The first-order chi connectivity index (χ1) is 9.65. The van der Waals surface area contributed by atoms with Gasteiger partial charge in [-0.15, -0.1) is 0 Å². The Hall–Kier alpha value is -1.52. The molecule has 0 fully saturated rings. The fourth-order valence-electron chi connectivity index (χ4n) is 2.07. The van der Waals surface area contributed by atoms with Gasteiger partial charge < -0.3 is 15.2 Å². The molecule has 0 aromatic heterocycles. The number of aryl methyl sites for hydroxylation is 1. The van der Waals surface area contributed by atoms with Gasteiger partial charge in [0.2, 0.25) is 0 Å². The van der Waals surface area contributed by atoms with E-state index in [-0.39, 0.29) is 6.10 Å². The number of para-hydroxylation sites is 1. The summed E-state index contributed by atoms with van der Waals surface area (Å²) in [6.07, 6.45) is -0.231. The smallest absolute Gasteiger partial charge is 0.139 e. The zero-order valence-corrected chi connectivity index (χ0v) is 13.2. The Bertz CT molecular complexity index is 586. The van der Waals surface area contributed by atoms with Gasteiger partial charge in [-0.1, -0.05) is 34.1 Å². The molecule has 2 aromatic rings. The van der Waals surface area contributed by atoms with Gasteiger partial charge in [-0.2, -0.15) is 0 Å². The highest BCUT2D eigenvalue weighted by atomic mass is 79.9. The van der Waals surface area contributed by atoms with Crippen molar-refractivity contribution in [2.75, 3.05) is 13.7 Å². The van der Waals surface area contributed by atoms with Crippen LogP contribution < -0.4 is 15.2 Å².